The van der Waals surface area contributed by atoms with Crippen molar-refractivity contribution in [2.45, 2.75) is 4.58 Å². The summed E-state index contributed by atoms with van der Waals surface area (Å²) in [5, 5.41) is 0. The van der Waals surface area contributed by atoms with Crippen molar-refractivity contribution in [2.75, 3.05) is 11.5 Å². The second-order valence-electron chi connectivity index (χ2n) is 1.90. The van der Waals surface area contributed by atoms with Crippen LogP contribution in [0.25, 0.3) is 0 Å². The number of rotatable bonds is 5. The molecule has 1 heterocycles. The summed E-state index contributed by atoms with van der Waals surface area (Å²) in [4.78, 5) is 45.8. The normalized spacial score (nSPS) is 12.7. The smallest absolute Gasteiger partial charge is 0.300 e. The van der Waals surface area contributed by atoms with Crippen LogP contribution in [0.4, 0.5) is 0 Å². The van der Waals surface area contributed by atoms with E-state index < -0.39 is 0 Å². The summed E-state index contributed by atoms with van der Waals surface area (Å²) >= 11 is 3.47. The molecule has 0 saturated carbocycles. The highest BCUT2D eigenvalue weighted by Gasteiger charge is 2.13. The topological polar surface area (TPSA) is 104 Å². The van der Waals surface area contributed by atoms with Crippen LogP contribution in [0.2, 0.25) is 0 Å². The summed E-state index contributed by atoms with van der Waals surface area (Å²) in [6, 6.07) is 0. The van der Waals surface area contributed by atoms with E-state index in [0.717, 1.165) is 17.8 Å². The molecule has 1 fully saturated rings. The first-order valence-electron chi connectivity index (χ1n) is 4.00. The molecule has 0 unspecified atom stereocenters. The van der Waals surface area contributed by atoms with Gasteiger partial charge in [0.15, 0.2) is 0 Å². The molecule has 1 aliphatic heterocycles. The zero-order valence-corrected chi connectivity index (χ0v) is 10.2. The van der Waals surface area contributed by atoms with Gasteiger partial charge in [0.2, 0.25) is 0 Å². The number of carbonyl (C=O) groups excluding carboxylic acids is 5. The molecule has 0 N–H and O–H groups in total. The molecule has 0 amide bonds. The first-order valence-corrected chi connectivity index (χ1v) is 6.10. The highest BCUT2D eigenvalue weighted by molar-refractivity contribution is 8.21. The quantitative estimate of drug-likeness (QED) is 0.493. The van der Waals surface area contributed by atoms with Crippen molar-refractivity contribution >= 4 is 55.7 Å². The second kappa shape index (κ2) is 17.1. The van der Waals surface area contributed by atoms with Gasteiger partial charge in [0, 0.05) is 11.5 Å². The van der Waals surface area contributed by atoms with E-state index in [0.29, 0.717) is 0 Å². The molecule has 0 aromatic rings. The van der Waals surface area contributed by atoms with Gasteiger partial charge in [-0.3, -0.25) is 19.2 Å². The fourth-order valence-corrected chi connectivity index (χ4v) is 2.85. The van der Waals surface area contributed by atoms with E-state index in [2.05, 4.69) is 9.47 Å². The number of hydrogen-bond donors (Lipinski definition) is 0. The van der Waals surface area contributed by atoms with Crippen LogP contribution in [0.1, 0.15) is 0 Å². The number of ether oxygens (including phenoxy) is 2. The standard InChI is InChI=1S/C4H6OS2.2C2H2O3/c5-3-4-6-1-2-7-4;2*3-1-5-2-4/h3-4H,1-2H2;2*1-2H. The molecule has 0 bridgehead atoms. The van der Waals surface area contributed by atoms with Crippen molar-refractivity contribution in [3.63, 3.8) is 0 Å². The van der Waals surface area contributed by atoms with Gasteiger partial charge in [-0.1, -0.05) is 0 Å². The van der Waals surface area contributed by atoms with Crippen molar-refractivity contribution in [1.82, 2.24) is 0 Å². The summed E-state index contributed by atoms with van der Waals surface area (Å²) in [5.41, 5.74) is 0. The van der Waals surface area contributed by atoms with Crippen molar-refractivity contribution < 1.29 is 33.4 Å². The minimum absolute atomic E-state index is 0.0625. The van der Waals surface area contributed by atoms with Gasteiger partial charge in [0.05, 0.1) is 0 Å². The number of thioether (sulfide) groups is 2. The molecule has 0 spiro atoms. The van der Waals surface area contributed by atoms with Crippen molar-refractivity contribution in [3.8, 4) is 0 Å². The Labute approximate surface area is 106 Å². The lowest BCUT2D eigenvalue weighted by Crippen LogP contribution is -1.89. The highest BCUT2D eigenvalue weighted by atomic mass is 32.2. The number of aldehydes is 1. The number of carbonyl (C=O) groups is 5. The van der Waals surface area contributed by atoms with E-state index in [1.807, 2.05) is 0 Å². The SMILES string of the molecule is O=CC1SCCS1.O=COC=O.O=COC=O. The van der Waals surface area contributed by atoms with Gasteiger partial charge >= 0.3 is 25.9 Å². The van der Waals surface area contributed by atoms with E-state index in [9.17, 15) is 4.79 Å². The molecular formula is C8H10O7S2. The molecule has 1 rings (SSSR count). The van der Waals surface area contributed by atoms with Gasteiger partial charge in [-0.15, -0.1) is 23.5 Å². The Bertz CT molecular complexity index is 202. The minimum Gasteiger partial charge on any atom is -0.398 e. The van der Waals surface area contributed by atoms with Crippen molar-refractivity contribution in [2.24, 2.45) is 0 Å². The Morgan fingerprint density at radius 1 is 0.765 bits per heavy atom. The summed E-state index contributed by atoms with van der Waals surface area (Å²) in [6.07, 6.45) is 1.02. The summed E-state index contributed by atoms with van der Waals surface area (Å²) in [6.45, 7) is 0.250. The Kier molecular flexibility index (Phi) is 18.1. The van der Waals surface area contributed by atoms with Crippen LogP contribution in [-0.2, 0) is 33.4 Å². The van der Waals surface area contributed by atoms with E-state index in [-0.39, 0.29) is 30.5 Å². The zero-order chi connectivity index (χ0) is 13.4. The summed E-state index contributed by atoms with van der Waals surface area (Å²) in [5.74, 6) is 2.29. The van der Waals surface area contributed by atoms with E-state index in [1.54, 1.807) is 23.5 Å². The lowest BCUT2D eigenvalue weighted by Gasteiger charge is -1.89. The lowest BCUT2D eigenvalue weighted by molar-refractivity contribution is -0.143. The average molecular weight is 282 g/mol. The van der Waals surface area contributed by atoms with Crippen LogP contribution < -0.4 is 0 Å². The van der Waals surface area contributed by atoms with Crippen LogP contribution >= 0.6 is 23.5 Å². The van der Waals surface area contributed by atoms with Crippen molar-refractivity contribution in [1.29, 1.82) is 0 Å². The van der Waals surface area contributed by atoms with Crippen LogP contribution in [0, 0.1) is 0 Å². The van der Waals surface area contributed by atoms with Crippen molar-refractivity contribution in [3.05, 3.63) is 0 Å². The van der Waals surface area contributed by atoms with Gasteiger partial charge in [-0.2, -0.15) is 0 Å². The molecule has 9 heteroatoms. The van der Waals surface area contributed by atoms with E-state index in [4.69, 9.17) is 19.2 Å². The Morgan fingerprint density at radius 2 is 1.12 bits per heavy atom. The molecule has 0 aromatic heterocycles. The summed E-state index contributed by atoms with van der Waals surface area (Å²) < 4.78 is 7.19. The van der Waals surface area contributed by atoms with Gasteiger partial charge in [-0.05, 0) is 0 Å². The minimum atomic E-state index is 0.0625. The first kappa shape index (κ1) is 18.0. The van der Waals surface area contributed by atoms with E-state index in [1.165, 1.54) is 0 Å². The van der Waals surface area contributed by atoms with Crippen LogP contribution in [0.3, 0.4) is 0 Å². The fraction of sp³-hybridized carbons (Fsp3) is 0.375. The maximum absolute atomic E-state index is 9.97. The summed E-state index contributed by atoms with van der Waals surface area (Å²) in [7, 11) is 0. The van der Waals surface area contributed by atoms with Gasteiger partial charge in [0.1, 0.15) is 10.9 Å². The Hall–Kier alpha value is -1.35. The molecule has 96 valence electrons. The predicted octanol–water partition coefficient (Wildman–Crippen LogP) is -0.377. The fourth-order valence-electron chi connectivity index (χ4n) is 0.501. The van der Waals surface area contributed by atoms with Crippen LogP contribution in [-0.4, -0.2) is 48.3 Å². The first-order chi connectivity index (χ1) is 8.26. The molecule has 1 saturated heterocycles. The average Bonchev–Trinajstić information content (AvgIpc) is 2.85. The molecule has 7 nitrogen and oxygen atoms in total. The Morgan fingerprint density at radius 3 is 1.24 bits per heavy atom. The molecule has 1 aliphatic rings. The van der Waals surface area contributed by atoms with Crippen LogP contribution in [0.15, 0.2) is 0 Å². The third kappa shape index (κ3) is 17.3. The molecule has 0 aromatic carbocycles. The van der Waals surface area contributed by atoms with Gasteiger partial charge in [0.25, 0.3) is 0 Å². The molecule has 0 aliphatic carbocycles. The molecule has 0 atom stereocenters. The Balaban J connectivity index is 0. The van der Waals surface area contributed by atoms with Crippen LogP contribution in [0.5, 0.6) is 0 Å². The molecule has 17 heavy (non-hydrogen) atoms. The van der Waals surface area contributed by atoms with E-state index >= 15 is 0 Å². The molecule has 0 radical (unpaired) electrons. The highest BCUT2D eigenvalue weighted by Crippen LogP contribution is 2.29. The largest absolute Gasteiger partial charge is 0.398 e. The second-order valence-corrected chi connectivity index (χ2v) is 4.70. The van der Waals surface area contributed by atoms with Gasteiger partial charge < -0.3 is 14.3 Å². The van der Waals surface area contributed by atoms with Gasteiger partial charge in [-0.25, -0.2) is 0 Å². The third-order valence-electron chi connectivity index (χ3n) is 0.981. The maximum atomic E-state index is 9.97. The molecular weight excluding hydrogens is 272 g/mol. The predicted molar refractivity (Wildman–Crippen MR) is 61.2 cm³/mol. The maximum Gasteiger partial charge on any atom is 0.300 e. The lowest BCUT2D eigenvalue weighted by atomic mass is 10.9. The number of hydrogen-bond acceptors (Lipinski definition) is 9. The monoisotopic (exact) mass is 282 g/mol. The third-order valence-corrected chi connectivity index (χ3v) is 3.81. The zero-order valence-electron chi connectivity index (χ0n) is 8.55.